The van der Waals surface area contributed by atoms with E-state index < -0.39 is 11.7 Å². The Bertz CT molecular complexity index is 629. The van der Waals surface area contributed by atoms with Crippen LogP contribution in [0.15, 0.2) is 42.5 Å². The molecule has 2 aromatic rings. The first-order valence-electron chi connectivity index (χ1n) is 6.47. The van der Waals surface area contributed by atoms with Crippen LogP contribution in [0.2, 0.25) is 0 Å². The van der Waals surface area contributed by atoms with E-state index in [9.17, 15) is 13.2 Å². The van der Waals surface area contributed by atoms with Crippen molar-refractivity contribution in [3.8, 4) is 11.1 Å². The number of rotatable bonds is 1. The summed E-state index contributed by atoms with van der Waals surface area (Å²) in [6.07, 6.45) is -3.29. The number of hydrogen-bond acceptors (Lipinski definition) is 1. The summed E-state index contributed by atoms with van der Waals surface area (Å²) in [5, 5.41) is 0. The van der Waals surface area contributed by atoms with Crippen molar-refractivity contribution in [2.75, 3.05) is 18.5 Å². The fourth-order valence-electron chi connectivity index (χ4n) is 2.60. The van der Waals surface area contributed by atoms with Crippen LogP contribution in [0.25, 0.3) is 11.1 Å². The number of halogens is 3. The zero-order chi connectivity index (χ0) is 14.3. The maximum absolute atomic E-state index is 12.5. The molecule has 0 spiro atoms. The van der Waals surface area contributed by atoms with Gasteiger partial charge in [0.1, 0.15) is 0 Å². The number of anilines is 1. The average Bonchev–Trinajstić information content (AvgIpc) is 2.79. The normalized spacial score (nSPS) is 14.5. The summed E-state index contributed by atoms with van der Waals surface area (Å²) in [7, 11) is 2.05. The van der Waals surface area contributed by atoms with Crippen molar-refractivity contribution in [3.05, 3.63) is 53.6 Å². The van der Waals surface area contributed by atoms with Crippen LogP contribution >= 0.6 is 0 Å². The van der Waals surface area contributed by atoms with E-state index in [1.807, 2.05) is 19.2 Å². The molecular formula is C16H14F3N. The molecule has 20 heavy (non-hydrogen) atoms. The Hall–Kier alpha value is -1.97. The molecule has 0 atom stereocenters. The number of nitrogens with zero attached hydrogens (tertiary/aromatic N) is 1. The van der Waals surface area contributed by atoms with Gasteiger partial charge in [-0.1, -0.05) is 18.2 Å². The van der Waals surface area contributed by atoms with E-state index in [0.717, 1.165) is 36.2 Å². The molecule has 0 aromatic heterocycles. The second-order valence-electron chi connectivity index (χ2n) is 5.09. The van der Waals surface area contributed by atoms with Gasteiger partial charge < -0.3 is 4.90 Å². The van der Waals surface area contributed by atoms with E-state index >= 15 is 0 Å². The predicted octanol–water partition coefficient (Wildman–Crippen LogP) is 4.36. The zero-order valence-electron chi connectivity index (χ0n) is 11.0. The molecule has 0 saturated heterocycles. The van der Waals surface area contributed by atoms with Gasteiger partial charge in [-0.2, -0.15) is 13.2 Å². The van der Waals surface area contributed by atoms with Gasteiger partial charge in [0.2, 0.25) is 0 Å². The molecule has 0 saturated carbocycles. The van der Waals surface area contributed by atoms with Crippen LogP contribution in [0.4, 0.5) is 18.9 Å². The van der Waals surface area contributed by atoms with Gasteiger partial charge in [0, 0.05) is 19.3 Å². The van der Waals surface area contributed by atoms with Crippen LogP contribution in [0.1, 0.15) is 11.1 Å². The van der Waals surface area contributed by atoms with Crippen molar-refractivity contribution < 1.29 is 13.2 Å². The first-order valence-corrected chi connectivity index (χ1v) is 6.47. The van der Waals surface area contributed by atoms with Crippen LogP contribution in [0, 0.1) is 0 Å². The lowest BCUT2D eigenvalue weighted by Crippen LogP contribution is -2.12. The molecule has 1 nitrogen and oxygen atoms in total. The quantitative estimate of drug-likeness (QED) is 0.748. The Balaban J connectivity index is 1.94. The Kier molecular flexibility index (Phi) is 2.96. The molecule has 1 aliphatic heterocycles. The maximum Gasteiger partial charge on any atom is 0.416 e. The molecule has 0 bridgehead atoms. The van der Waals surface area contributed by atoms with Crippen LogP contribution in [-0.2, 0) is 12.6 Å². The summed E-state index contributed by atoms with van der Waals surface area (Å²) in [4.78, 5) is 2.19. The molecule has 0 radical (unpaired) electrons. The maximum atomic E-state index is 12.5. The largest absolute Gasteiger partial charge is 0.416 e. The van der Waals surface area contributed by atoms with E-state index in [1.165, 1.54) is 23.4 Å². The molecule has 0 unspecified atom stereocenters. The fraction of sp³-hybridized carbons (Fsp3) is 0.250. The van der Waals surface area contributed by atoms with Crippen LogP contribution in [0.5, 0.6) is 0 Å². The lowest BCUT2D eigenvalue weighted by molar-refractivity contribution is -0.137. The summed E-state index contributed by atoms with van der Waals surface area (Å²) < 4.78 is 37.6. The number of hydrogen-bond donors (Lipinski definition) is 0. The van der Waals surface area contributed by atoms with Crippen molar-refractivity contribution >= 4 is 5.69 Å². The van der Waals surface area contributed by atoms with Gasteiger partial charge in [-0.3, -0.25) is 0 Å². The van der Waals surface area contributed by atoms with Crippen molar-refractivity contribution in [3.63, 3.8) is 0 Å². The van der Waals surface area contributed by atoms with Gasteiger partial charge in [-0.15, -0.1) is 0 Å². The molecule has 4 heteroatoms. The highest BCUT2D eigenvalue weighted by Crippen LogP contribution is 2.33. The van der Waals surface area contributed by atoms with Crippen LogP contribution in [-0.4, -0.2) is 13.6 Å². The second-order valence-corrected chi connectivity index (χ2v) is 5.09. The Morgan fingerprint density at radius 2 is 1.60 bits per heavy atom. The van der Waals surface area contributed by atoms with Crippen LogP contribution < -0.4 is 4.90 Å². The van der Waals surface area contributed by atoms with Crippen molar-refractivity contribution in [1.82, 2.24) is 0 Å². The summed E-state index contributed by atoms with van der Waals surface area (Å²) >= 11 is 0. The third-order valence-electron chi connectivity index (χ3n) is 3.75. The average molecular weight is 277 g/mol. The summed E-state index contributed by atoms with van der Waals surface area (Å²) in [6, 6.07) is 11.4. The fourth-order valence-corrected chi connectivity index (χ4v) is 2.60. The third kappa shape index (κ3) is 2.26. The van der Waals surface area contributed by atoms with Crippen LogP contribution in [0.3, 0.4) is 0 Å². The van der Waals surface area contributed by atoms with Gasteiger partial charge in [0.05, 0.1) is 5.56 Å². The number of fused-ring (bicyclic) bond motifs is 1. The van der Waals surface area contributed by atoms with Crippen molar-refractivity contribution in [2.24, 2.45) is 0 Å². The van der Waals surface area contributed by atoms with E-state index in [2.05, 4.69) is 11.0 Å². The Labute approximate surface area is 115 Å². The van der Waals surface area contributed by atoms with Gasteiger partial charge in [-0.05, 0) is 47.4 Å². The smallest absolute Gasteiger partial charge is 0.374 e. The van der Waals surface area contributed by atoms with Crippen molar-refractivity contribution in [1.29, 1.82) is 0 Å². The highest BCUT2D eigenvalue weighted by Gasteiger charge is 2.30. The van der Waals surface area contributed by atoms with Gasteiger partial charge in [0.25, 0.3) is 0 Å². The molecule has 0 aliphatic carbocycles. The van der Waals surface area contributed by atoms with Gasteiger partial charge in [-0.25, -0.2) is 0 Å². The topological polar surface area (TPSA) is 3.24 Å². The van der Waals surface area contributed by atoms with E-state index in [0.29, 0.717) is 0 Å². The second kappa shape index (κ2) is 4.54. The minimum atomic E-state index is -4.28. The molecule has 3 rings (SSSR count). The molecule has 0 fully saturated rings. The zero-order valence-corrected chi connectivity index (χ0v) is 11.0. The Morgan fingerprint density at radius 3 is 2.25 bits per heavy atom. The molecule has 104 valence electrons. The first-order chi connectivity index (χ1) is 9.45. The van der Waals surface area contributed by atoms with E-state index in [1.54, 1.807) is 0 Å². The minimum absolute atomic E-state index is 0.609. The first kappa shape index (κ1) is 13.0. The molecule has 1 heterocycles. The highest BCUT2D eigenvalue weighted by atomic mass is 19.4. The molecule has 1 aliphatic rings. The SMILES string of the molecule is CN1CCc2cc(-c3ccc(C(F)(F)F)cc3)ccc21. The number of benzene rings is 2. The summed E-state index contributed by atoms with van der Waals surface area (Å²) in [5.41, 5.74) is 3.64. The standard InChI is InChI=1S/C16H14F3N/c1-20-9-8-13-10-12(4-7-15(13)20)11-2-5-14(6-3-11)16(17,18)19/h2-7,10H,8-9H2,1H3. The van der Waals surface area contributed by atoms with Gasteiger partial charge >= 0.3 is 6.18 Å². The molecular weight excluding hydrogens is 263 g/mol. The van der Waals surface area contributed by atoms with Gasteiger partial charge in [0.15, 0.2) is 0 Å². The number of alkyl halides is 3. The Morgan fingerprint density at radius 1 is 0.950 bits per heavy atom. The van der Waals surface area contributed by atoms with E-state index in [-0.39, 0.29) is 0 Å². The summed E-state index contributed by atoms with van der Waals surface area (Å²) in [5.74, 6) is 0. The lowest BCUT2D eigenvalue weighted by atomic mass is 10.0. The molecule has 2 aromatic carbocycles. The van der Waals surface area contributed by atoms with E-state index in [4.69, 9.17) is 0 Å². The summed E-state index contributed by atoms with van der Waals surface area (Å²) in [6.45, 7) is 0.992. The molecule has 0 N–H and O–H groups in total. The minimum Gasteiger partial charge on any atom is -0.374 e. The predicted molar refractivity (Wildman–Crippen MR) is 73.9 cm³/mol. The number of likely N-dealkylation sites (N-methyl/N-ethyl adjacent to an activating group) is 1. The molecule has 0 amide bonds. The lowest BCUT2D eigenvalue weighted by Gasteiger charge is -2.12. The highest BCUT2D eigenvalue weighted by molar-refractivity contribution is 5.70. The monoisotopic (exact) mass is 277 g/mol. The van der Waals surface area contributed by atoms with Crippen molar-refractivity contribution in [2.45, 2.75) is 12.6 Å². The third-order valence-corrected chi connectivity index (χ3v) is 3.75.